The number of nitrogens with zero attached hydrogens (tertiary/aromatic N) is 1. The van der Waals surface area contributed by atoms with Crippen molar-refractivity contribution in [3.63, 3.8) is 0 Å². The Morgan fingerprint density at radius 1 is 1.10 bits per heavy atom. The Hall–Kier alpha value is -1.02. The van der Waals surface area contributed by atoms with Gasteiger partial charge in [0.25, 0.3) is 0 Å². The first-order valence-corrected chi connectivity index (χ1v) is 8.13. The van der Waals surface area contributed by atoms with Crippen molar-refractivity contribution in [1.29, 1.82) is 0 Å². The highest BCUT2D eigenvalue weighted by Crippen LogP contribution is 2.55. The molecule has 3 fully saturated rings. The van der Waals surface area contributed by atoms with E-state index in [2.05, 4.69) is 4.90 Å². The average Bonchev–Trinajstić information content (AvgIpc) is 3.37. The van der Waals surface area contributed by atoms with Crippen LogP contribution in [0, 0.1) is 17.8 Å². The molecule has 4 rings (SSSR count). The zero-order valence-electron chi connectivity index (χ0n) is 11.6. The predicted molar refractivity (Wildman–Crippen MR) is 79.3 cm³/mol. The molecule has 1 aromatic rings. The van der Waals surface area contributed by atoms with Gasteiger partial charge < -0.3 is 4.90 Å². The maximum Gasteiger partial charge on any atom is 0.226 e. The quantitative estimate of drug-likeness (QED) is 0.824. The summed E-state index contributed by atoms with van der Waals surface area (Å²) in [6.45, 7) is 0.756. The lowest BCUT2D eigenvalue weighted by Crippen LogP contribution is -2.37. The lowest BCUT2D eigenvalue weighted by atomic mass is 10.0. The van der Waals surface area contributed by atoms with Gasteiger partial charge in [0, 0.05) is 23.5 Å². The number of hydrogen-bond donors (Lipinski definition) is 0. The molecule has 3 aliphatic rings. The molecule has 0 saturated heterocycles. The van der Waals surface area contributed by atoms with E-state index in [1.807, 2.05) is 24.3 Å². The molecule has 1 aromatic carbocycles. The Bertz CT molecular complexity index is 512. The van der Waals surface area contributed by atoms with Crippen LogP contribution in [0.15, 0.2) is 24.3 Å². The number of amides is 1. The second-order valence-electron chi connectivity index (χ2n) is 6.75. The molecule has 0 aliphatic heterocycles. The van der Waals surface area contributed by atoms with Crippen LogP contribution in [-0.4, -0.2) is 16.8 Å². The minimum Gasteiger partial charge on any atom is -0.335 e. The number of carbonyl (C=O) groups excluding carboxylic acids is 1. The van der Waals surface area contributed by atoms with Crippen LogP contribution in [0.3, 0.4) is 0 Å². The Kier molecular flexibility index (Phi) is 3.03. The first kappa shape index (κ1) is 12.7. The fourth-order valence-electron chi connectivity index (χ4n) is 3.71. The molecule has 0 radical (unpaired) electrons. The third-order valence-electron chi connectivity index (χ3n) is 5.13. The second-order valence-corrected chi connectivity index (χ2v) is 7.18. The van der Waals surface area contributed by atoms with E-state index >= 15 is 0 Å². The van der Waals surface area contributed by atoms with Gasteiger partial charge in [0.1, 0.15) is 0 Å². The lowest BCUT2D eigenvalue weighted by molar-refractivity contribution is -0.137. The van der Waals surface area contributed by atoms with Crippen LogP contribution in [0.25, 0.3) is 0 Å². The van der Waals surface area contributed by atoms with E-state index < -0.39 is 0 Å². The van der Waals surface area contributed by atoms with Crippen molar-refractivity contribution >= 4 is 17.5 Å². The lowest BCUT2D eigenvalue weighted by Gasteiger charge is -2.26. The SMILES string of the molecule is O=C(C1CC2CC2C1)N(Cc1ccc(Cl)cc1)C1CC1. The van der Waals surface area contributed by atoms with Crippen LogP contribution in [0.5, 0.6) is 0 Å². The van der Waals surface area contributed by atoms with Gasteiger partial charge in [0.05, 0.1) is 0 Å². The molecule has 2 nitrogen and oxygen atoms in total. The number of halogens is 1. The molecule has 0 bridgehead atoms. The van der Waals surface area contributed by atoms with Gasteiger partial charge in [-0.3, -0.25) is 4.79 Å². The van der Waals surface area contributed by atoms with Crippen molar-refractivity contribution in [2.75, 3.05) is 0 Å². The van der Waals surface area contributed by atoms with Crippen LogP contribution in [0.1, 0.15) is 37.7 Å². The third-order valence-corrected chi connectivity index (χ3v) is 5.38. The number of hydrogen-bond acceptors (Lipinski definition) is 1. The number of carbonyl (C=O) groups is 1. The number of rotatable bonds is 4. The van der Waals surface area contributed by atoms with E-state index in [1.54, 1.807) is 0 Å². The summed E-state index contributed by atoms with van der Waals surface area (Å²) in [5, 5.41) is 0.758. The van der Waals surface area contributed by atoms with Gasteiger partial charge in [0.15, 0.2) is 0 Å². The first-order valence-electron chi connectivity index (χ1n) is 7.75. The molecule has 3 saturated carbocycles. The van der Waals surface area contributed by atoms with Crippen molar-refractivity contribution in [3.8, 4) is 0 Å². The summed E-state index contributed by atoms with van der Waals surface area (Å²) in [6.07, 6.45) is 6.03. The molecule has 0 aromatic heterocycles. The van der Waals surface area contributed by atoms with Crippen LogP contribution in [0.2, 0.25) is 5.02 Å². The van der Waals surface area contributed by atoms with Crippen LogP contribution >= 0.6 is 11.6 Å². The fraction of sp³-hybridized carbons (Fsp3) is 0.588. The Morgan fingerprint density at radius 2 is 1.75 bits per heavy atom. The fourth-order valence-corrected chi connectivity index (χ4v) is 3.84. The molecule has 0 N–H and O–H groups in total. The second kappa shape index (κ2) is 4.77. The molecule has 2 unspecified atom stereocenters. The minimum absolute atomic E-state index is 0.312. The largest absolute Gasteiger partial charge is 0.335 e. The van der Waals surface area contributed by atoms with Crippen molar-refractivity contribution < 1.29 is 4.79 Å². The molecule has 2 atom stereocenters. The van der Waals surface area contributed by atoms with Gasteiger partial charge >= 0.3 is 0 Å². The van der Waals surface area contributed by atoms with Crippen LogP contribution in [-0.2, 0) is 11.3 Å². The first-order chi connectivity index (χ1) is 9.70. The zero-order valence-corrected chi connectivity index (χ0v) is 12.4. The maximum atomic E-state index is 12.8. The highest BCUT2D eigenvalue weighted by Gasteiger charge is 2.49. The molecule has 0 heterocycles. The topological polar surface area (TPSA) is 20.3 Å². The zero-order chi connectivity index (χ0) is 13.7. The Morgan fingerprint density at radius 3 is 2.35 bits per heavy atom. The molecule has 3 aliphatic carbocycles. The van der Waals surface area contributed by atoms with E-state index in [1.165, 1.54) is 24.8 Å². The van der Waals surface area contributed by atoms with E-state index in [4.69, 9.17) is 11.6 Å². The predicted octanol–water partition coefficient (Wildman–Crippen LogP) is 3.88. The van der Waals surface area contributed by atoms with E-state index in [9.17, 15) is 4.79 Å². The number of fused-ring (bicyclic) bond motifs is 1. The van der Waals surface area contributed by atoms with Crippen molar-refractivity contribution in [1.82, 2.24) is 4.90 Å². The third kappa shape index (κ3) is 2.46. The molecular formula is C17H20ClNO. The Labute approximate surface area is 125 Å². The summed E-state index contributed by atoms with van der Waals surface area (Å²) >= 11 is 5.93. The molecule has 106 valence electrons. The van der Waals surface area contributed by atoms with Crippen molar-refractivity contribution in [2.24, 2.45) is 17.8 Å². The molecule has 3 heteroatoms. The summed E-state index contributed by atoms with van der Waals surface area (Å²) in [7, 11) is 0. The van der Waals surface area contributed by atoms with E-state index in [0.29, 0.717) is 17.9 Å². The minimum atomic E-state index is 0.312. The summed E-state index contributed by atoms with van der Waals surface area (Å²) < 4.78 is 0. The molecule has 20 heavy (non-hydrogen) atoms. The molecule has 1 amide bonds. The monoisotopic (exact) mass is 289 g/mol. The van der Waals surface area contributed by atoms with Gasteiger partial charge in [-0.05, 0) is 61.6 Å². The number of benzene rings is 1. The van der Waals surface area contributed by atoms with Gasteiger partial charge in [-0.15, -0.1) is 0 Å². The summed E-state index contributed by atoms with van der Waals surface area (Å²) in [5.74, 6) is 2.47. The van der Waals surface area contributed by atoms with Crippen LogP contribution < -0.4 is 0 Å². The summed E-state index contributed by atoms with van der Waals surface area (Å²) in [6, 6.07) is 8.40. The van der Waals surface area contributed by atoms with E-state index in [-0.39, 0.29) is 0 Å². The highest BCUT2D eigenvalue weighted by molar-refractivity contribution is 6.30. The smallest absolute Gasteiger partial charge is 0.226 e. The van der Waals surface area contributed by atoms with Gasteiger partial charge in [0.2, 0.25) is 5.91 Å². The summed E-state index contributed by atoms with van der Waals surface area (Å²) in [5.41, 5.74) is 1.19. The van der Waals surface area contributed by atoms with Gasteiger partial charge in [-0.1, -0.05) is 23.7 Å². The van der Waals surface area contributed by atoms with Gasteiger partial charge in [-0.25, -0.2) is 0 Å². The van der Waals surface area contributed by atoms with E-state index in [0.717, 1.165) is 36.2 Å². The average molecular weight is 290 g/mol. The Balaban J connectivity index is 1.46. The highest BCUT2D eigenvalue weighted by atomic mass is 35.5. The summed E-state index contributed by atoms with van der Waals surface area (Å²) in [4.78, 5) is 14.9. The maximum absolute atomic E-state index is 12.8. The van der Waals surface area contributed by atoms with Crippen molar-refractivity contribution in [2.45, 2.75) is 44.7 Å². The standard InChI is InChI=1S/C17H20ClNO/c18-15-3-1-11(2-4-15)10-19(16-5-6-16)17(20)14-8-12-7-13(12)9-14/h1-4,12-14,16H,5-10H2. The molecule has 0 spiro atoms. The normalized spacial score (nSPS) is 30.9. The molecular weight excluding hydrogens is 270 g/mol. The van der Waals surface area contributed by atoms with Crippen LogP contribution in [0.4, 0.5) is 0 Å². The van der Waals surface area contributed by atoms with Gasteiger partial charge in [-0.2, -0.15) is 0 Å². The van der Waals surface area contributed by atoms with Crippen molar-refractivity contribution in [3.05, 3.63) is 34.9 Å².